The van der Waals surface area contributed by atoms with Crippen LogP contribution in [0.2, 0.25) is 0 Å². The Labute approximate surface area is 218 Å². The van der Waals surface area contributed by atoms with Crippen LogP contribution in [-0.4, -0.2) is 52.5 Å². The monoisotopic (exact) mass is 546 g/mol. The molecule has 3 aromatic rings. The minimum absolute atomic E-state index is 0.0418. The number of rotatable bonds is 11. The molecule has 0 fully saturated rings. The zero-order chi connectivity index (χ0) is 27.2. The van der Waals surface area contributed by atoms with E-state index < -0.39 is 20.1 Å². The van der Waals surface area contributed by atoms with Crippen molar-refractivity contribution in [2.75, 3.05) is 25.6 Å². The van der Waals surface area contributed by atoms with Crippen LogP contribution in [0.3, 0.4) is 0 Å². The van der Waals surface area contributed by atoms with E-state index in [2.05, 4.69) is 15.5 Å². The van der Waals surface area contributed by atoms with E-state index in [1.54, 1.807) is 52.0 Å². The van der Waals surface area contributed by atoms with Gasteiger partial charge in [0.05, 0.1) is 13.3 Å². The van der Waals surface area contributed by atoms with Gasteiger partial charge in [0, 0.05) is 19.3 Å². The number of ether oxygens (including phenoxy) is 1. The van der Waals surface area contributed by atoms with Crippen molar-refractivity contribution in [1.29, 1.82) is 0 Å². The molecule has 0 saturated carbocycles. The van der Waals surface area contributed by atoms with Gasteiger partial charge in [-0.05, 0) is 66.9 Å². The minimum atomic E-state index is -4.07. The number of aryl methyl sites for hydroxylation is 2. The van der Waals surface area contributed by atoms with Gasteiger partial charge in [-0.2, -0.15) is 17.8 Å². The lowest BCUT2D eigenvalue weighted by Crippen LogP contribution is -2.30. The summed E-state index contributed by atoms with van der Waals surface area (Å²) in [5, 5.41) is 4.11. The molecule has 10 nitrogen and oxygen atoms in total. The van der Waals surface area contributed by atoms with E-state index in [4.69, 9.17) is 8.92 Å². The molecule has 0 radical (unpaired) electrons. The van der Waals surface area contributed by atoms with Gasteiger partial charge in [0.25, 0.3) is 0 Å². The molecular weight excluding hydrogens is 516 g/mol. The summed E-state index contributed by atoms with van der Waals surface area (Å²) in [6.07, 6.45) is 2.75. The number of sulfonamides is 1. The van der Waals surface area contributed by atoms with Crippen molar-refractivity contribution in [2.24, 2.45) is 5.10 Å². The van der Waals surface area contributed by atoms with Gasteiger partial charge in [0.15, 0.2) is 11.5 Å². The molecule has 0 saturated heterocycles. The van der Waals surface area contributed by atoms with Crippen LogP contribution in [0.4, 0.5) is 5.82 Å². The molecular formula is C25H30N4O6S2. The highest BCUT2D eigenvalue weighted by molar-refractivity contribution is 7.89. The van der Waals surface area contributed by atoms with Crippen LogP contribution < -0.4 is 14.3 Å². The van der Waals surface area contributed by atoms with Crippen LogP contribution >= 0.6 is 0 Å². The van der Waals surface area contributed by atoms with Crippen molar-refractivity contribution in [3.8, 4) is 11.5 Å². The second-order valence-electron chi connectivity index (χ2n) is 8.06. The number of methoxy groups -OCH3 is 1. The maximum atomic E-state index is 12.9. The van der Waals surface area contributed by atoms with E-state index in [1.165, 1.54) is 42.0 Å². The molecule has 37 heavy (non-hydrogen) atoms. The lowest BCUT2D eigenvalue weighted by Gasteiger charge is -2.18. The highest BCUT2D eigenvalue weighted by atomic mass is 32.2. The predicted molar refractivity (Wildman–Crippen MR) is 142 cm³/mol. The summed E-state index contributed by atoms with van der Waals surface area (Å²) in [6, 6.07) is 12.8. The largest absolute Gasteiger partial charge is 0.493 e. The summed E-state index contributed by atoms with van der Waals surface area (Å²) >= 11 is 0. The van der Waals surface area contributed by atoms with E-state index in [0.717, 1.165) is 5.56 Å². The van der Waals surface area contributed by atoms with Gasteiger partial charge in [-0.25, -0.2) is 13.4 Å². The van der Waals surface area contributed by atoms with Crippen LogP contribution in [0.25, 0.3) is 0 Å². The fraction of sp³-hybridized carbons (Fsp3) is 0.280. The highest BCUT2D eigenvalue weighted by Gasteiger charge is 2.23. The fourth-order valence-corrected chi connectivity index (χ4v) is 6.12. The first-order valence-electron chi connectivity index (χ1n) is 11.5. The molecule has 0 unspecified atom stereocenters. The van der Waals surface area contributed by atoms with Gasteiger partial charge < -0.3 is 8.92 Å². The molecule has 2 aromatic carbocycles. The van der Waals surface area contributed by atoms with Crippen molar-refractivity contribution in [3.63, 3.8) is 0 Å². The van der Waals surface area contributed by atoms with Crippen molar-refractivity contribution in [2.45, 2.75) is 37.5 Å². The number of nitrogens with one attached hydrogen (secondary N) is 1. The molecule has 1 aromatic heterocycles. The molecule has 0 atom stereocenters. The standard InChI is InChI=1S/C25H30N4O6S2/c1-6-29(7-2)36(30,31)21-11-13-25(26-17-21)28-27-16-20-10-12-22(23(15-20)34-5)35-37(32,33)24-14-18(3)8-9-19(24)4/h8-17H,6-7H2,1-5H3,(H,26,28)/b27-16-. The molecule has 198 valence electrons. The van der Waals surface area contributed by atoms with Crippen LogP contribution in [0, 0.1) is 13.8 Å². The van der Waals surface area contributed by atoms with E-state index in [-0.39, 0.29) is 21.3 Å². The third-order valence-electron chi connectivity index (χ3n) is 5.47. The zero-order valence-corrected chi connectivity index (χ0v) is 22.9. The summed E-state index contributed by atoms with van der Waals surface area (Å²) in [7, 11) is -6.25. The molecule has 0 aliphatic carbocycles. The van der Waals surface area contributed by atoms with Crippen molar-refractivity contribution in [1.82, 2.24) is 9.29 Å². The first-order valence-corrected chi connectivity index (χ1v) is 14.3. The van der Waals surface area contributed by atoms with Gasteiger partial charge in [0.2, 0.25) is 10.0 Å². The summed E-state index contributed by atoms with van der Waals surface area (Å²) in [4.78, 5) is 4.30. The average molecular weight is 547 g/mol. The lowest BCUT2D eigenvalue weighted by atomic mass is 10.2. The number of hydrazone groups is 1. The molecule has 1 heterocycles. The maximum Gasteiger partial charge on any atom is 0.339 e. The van der Waals surface area contributed by atoms with Crippen molar-refractivity contribution >= 4 is 32.2 Å². The zero-order valence-electron chi connectivity index (χ0n) is 21.3. The molecule has 1 N–H and O–H groups in total. The van der Waals surface area contributed by atoms with Crippen LogP contribution in [0.15, 0.2) is 69.6 Å². The third kappa shape index (κ3) is 6.64. The Morgan fingerprint density at radius 1 is 0.973 bits per heavy atom. The summed E-state index contributed by atoms with van der Waals surface area (Å²) in [5.41, 5.74) is 4.71. The second kappa shape index (κ2) is 11.7. The number of aromatic nitrogens is 1. The number of benzene rings is 2. The molecule has 0 spiro atoms. The van der Waals surface area contributed by atoms with Gasteiger partial charge in [-0.15, -0.1) is 0 Å². The van der Waals surface area contributed by atoms with Crippen LogP contribution in [-0.2, 0) is 20.1 Å². The normalized spacial score (nSPS) is 12.2. The molecule has 3 rings (SSSR count). The Balaban J connectivity index is 1.73. The van der Waals surface area contributed by atoms with E-state index in [0.29, 0.717) is 30.0 Å². The molecule has 0 aliphatic heterocycles. The smallest absolute Gasteiger partial charge is 0.339 e. The first kappa shape index (κ1) is 28.1. The van der Waals surface area contributed by atoms with Crippen LogP contribution in [0.1, 0.15) is 30.5 Å². The Kier molecular flexibility index (Phi) is 8.89. The number of pyridine rings is 1. The summed E-state index contributed by atoms with van der Waals surface area (Å²) in [5.74, 6) is 0.600. The summed E-state index contributed by atoms with van der Waals surface area (Å²) < 4.78 is 62.9. The number of hydrogen-bond donors (Lipinski definition) is 1. The minimum Gasteiger partial charge on any atom is -0.493 e. The maximum absolute atomic E-state index is 12.9. The van der Waals surface area contributed by atoms with E-state index in [1.807, 2.05) is 6.07 Å². The van der Waals surface area contributed by atoms with Gasteiger partial charge in [-0.1, -0.05) is 26.0 Å². The molecule has 0 aliphatic rings. The van der Waals surface area contributed by atoms with E-state index in [9.17, 15) is 16.8 Å². The second-order valence-corrected chi connectivity index (χ2v) is 11.5. The Morgan fingerprint density at radius 2 is 1.70 bits per heavy atom. The Morgan fingerprint density at radius 3 is 2.32 bits per heavy atom. The summed E-state index contributed by atoms with van der Waals surface area (Å²) in [6.45, 7) is 7.79. The molecule has 0 amide bonds. The van der Waals surface area contributed by atoms with Crippen molar-refractivity contribution in [3.05, 3.63) is 71.4 Å². The Hall–Kier alpha value is -3.48. The topological polar surface area (TPSA) is 127 Å². The lowest BCUT2D eigenvalue weighted by molar-refractivity contribution is 0.390. The van der Waals surface area contributed by atoms with Gasteiger partial charge in [0.1, 0.15) is 15.6 Å². The van der Waals surface area contributed by atoms with Gasteiger partial charge in [-0.3, -0.25) is 5.43 Å². The third-order valence-corrected chi connectivity index (χ3v) is 8.88. The van der Waals surface area contributed by atoms with Gasteiger partial charge >= 0.3 is 10.1 Å². The first-order chi connectivity index (χ1) is 17.5. The van der Waals surface area contributed by atoms with Crippen molar-refractivity contribution < 1.29 is 25.8 Å². The quantitative estimate of drug-likeness (QED) is 0.218. The SMILES string of the molecule is CCN(CC)S(=O)(=O)c1ccc(N/N=C\c2ccc(OS(=O)(=O)c3cc(C)ccc3C)c(OC)c2)nc1. The highest BCUT2D eigenvalue weighted by Crippen LogP contribution is 2.31. The average Bonchev–Trinajstić information content (AvgIpc) is 2.87. The fourth-order valence-electron chi connectivity index (χ4n) is 3.46. The number of hydrogen-bond acceptors (Lipinski definition) is 9. The van der Waals surface area contributed by atoms with E-state index >= 15 is 0 Å². The predicted octanol–water partition coefficient (Wildman–Crippen LogP) is 3.95. The van der Waals surface area contributed by atoms with Crippen LogP contribution in [0.5, 0.6) is 11.5 Å². The molecule has 12 heteroatoms. The molecule has 0 bridgehead atoms. The number of nitrogens with zero attached hydrogens (tertiary/aromatic N) is 3. The Bertz CT molecular complexity index is 1480. The number of anilines is 1.